The minimum absolute atomic E-state index is 0.114. The third-order valence-corrected chi connectivity index (χ3v) is 4.04. The van der Waals surface area contributed by atoms with E-state index in [1.807, 2.05) is 6.92 Å². The molecule has 0 saturated carbocycles. The van der Waals surface area contributed by atoms with Gasteiger partial charge in [0.2, 0.25) is 0 Å². The van der Waals surface area contributed by atoms with Gasteiger partial charge >= 0.3 is 18.0 Å². The number of carbonyl (C=O) groups is 3. The van der Waals surface area contributed by atoms with Crippen LogP contribution in [0, 0.1) is 6.92 Å². The molecule has 1 fully saturated rings. The molecule has 0 spiro atoms. The summed E-state index contributed by atoms with van der Waals surface area (Å²) >= 11 is 0. The first-order valence-electron chi connectivity index (χ1n) is 7.76. The van der Waals surface area contributed by atoms with Gasteiger partial charge in [0.05, 0.1) is 18.7 Å². The van der Waals surface area contributed by atoms with Crippen LogP contribution >= 0.6 is 0 Å². The second kappa shape index (κ2) is 7.33. The summed E-state index contributed by atoms with van der Waals surface area (Å²) in [6, 6.07) is 5.15. The molecule has 24 heavy (non-hydrogen) atoms. The molecule has 1 aliphatic rings. The number of rotatable bonds is 4. The zero-order chi connectivity index (χ0) is 17.9. The van der Waals surface area contributed by atoms with Crippen LogP contribution in [0.5, 0.6) is 0 Å². The fourth-order valence-electron chi connectivity index (χ4n) is 2.94. The van der Waals surface area contributed by atoms with E-state index in [2.05, 4.69) is 0 Å². The molecule has 1 aromatic carbocycles. The molecule has 7 nitrogen and oxygen atoms in total. The summed E-state index contributed by atoms with van der Waals surface area (Å²) < 4.78 is 10.3. The number of esters is 2. The quantitative estimate of drug-likeness (QED) is 0.848. The second-order valence-corrected chi connectivity index (χ2v) is 5.73. The molecule has 0 aromatic heterocycles. The van der Waals surface area contributed by atoms with Gasteiger partial charge in [-0.3, -0.25) is 4.79 Å². The van der Waals surface area contributed by atoms with Crippen LogP contribution in [0.25, 0.3) is 0 Å². The predicted molar refractivity (Wildman–Crippen MR) is 85.0 cm³/mol. The van der Waals surface area contributed by atoms with Crippen molar-refractivity contribution in [2.24, 2.45) is 0 Å². The summed E-state index contributed by atoms with van der Waals surface area (Å²) in [4.78, 5) is 35.8. The smallest absolute Gasteiger partial charge is 0.407 e. The molecule has 1 aliphatic heterocycles. The fraction of sp³-hybridized carbons (Fsp3) is 0.471. The molecule has 2 atom stereocenters. The molecular weight excluding hydrogens is 314 g/mol. The molecule has 130 valence electrons. The van der Waals surface area contributed by atoms with Crippen LogP contribution in [0.4, 0.5) is 4.79 Å². The molecule has 7 heteroatoms. The number of nitrogens with zero attached hydrogens (tertiary/aromatic N) is 1. The Bertz CT molecular complexity index is 656. The molecule has 0 bridgehead atoms. The Morgan fingerprint density at radius 2 is 2.00 bits per heavy atom. The Kier molecular flexibility index (Phi) is 5.43. The lowest BCUT2D eigenvalue weighted by Crippen LogP contribution is -2.29. The van der Waals surface area contributed by atoms with E-state index in [1.54, 1.807) is 25.1 Å². The Labute approximate surface area is 140 Å². The van der Waals surface area contributed by atoms with Gasteiger partial charge < -0.3 is 19.5 Å². The number of hydrogen-bond acceptors (Lipinski definition) is 5. The highest BCUT2D eigenvalue weighted by molar-refractivity contribution is 5.89. The highest BCUT2D eigenvalue weighted by atomic mass is 16.5. The standard InChI is InChI=1S/C17H21NO6/c1-4-23-16(20)12-6-5-10(2)13(7-12)14-8-18(17(21)22)9-15(14)24-11(3)19/h5-7,14-15H,4,8-9H2,1-3H3,(H,21,22)/t14-,15+/m0/s1. The number of hydrogen-bond donors (Lipinski definition) is 1. The van der Waals surface area contributed by atoms with Gasteiger partial charge in [-0.05, 0) is 37.1 Å². The molecule has 1 heterocycles. The molecule has 1 N–H and O–H groups in total. The normalized spacial score (nSPS) is 19.9. The van der Waals surface area contributed by atoms with Crippen molar-refractivity contribution >= 4 is 18.0 Å². The number of amides is 1. The van der Waals surface area contributed by atoms with E-state index in [4.69, 9.17) is 9.47 Å². The summed E-state index contributed by atoms with van der Waals surface area (Å²) in [5.74, 6) is -1.22. The van der Waals surface area contributed by atoms with Crippen molar-refractivity contribution in [3.05, 3.63) is 34.9 Å². The van der Waals surface area contributed by atoms with Gasteiger partial charge in [-0.1, -0.05) is 6.07 Å². The van der Waals surface area contributed by atoms with Gasteiger partial charge in [-0.15, -0.1) is 0 Å². The Hall–Kier alpha value is -2.57. The molecule has 0 unspecified atom stereocenters. The molecule has 0 radical (unpaired) electrons. The first kappa shape index (κ1) is 17.8. The monoisotopic (exact) mass is 335 g/mol. The lowest BCUT2D eigenvalue weighted by Gasteiger charge is -2.20. The van der Waals surface area contributed by atoms with Gasteiger partial charge in [0.25, 0.3) is 0 Å². The first-order chi connectivity index (χ1) is 11.3. The second-order valence-electron chi connectivity index (χ2n) is 5.73. The molecule has 1 aromatic rings. The third kappa shape index (κ3) is 3.84. The van der Waals surface area contributed by atoms with Crippen LogP contribution in [0.1, 0.15) is 41.3 Å². The molecule has 1 amide bonds. The van der Waals surface area contributed by atoms with E-state index in [1.165, 1.54) is 11.8 Å². The Balaban J connectivity index is 2.35. The summed E-state index contributed by atoms with van der Waals surface area (Å²) in [6.45, 7) is 5.49. The van der Waals surface area contributed by atoms with Crippen molar-refractivity contribution in [3.63, 3.8) is 0 Å². The van der Waals surface area contributed by atoms with Crippen molar-refractivity contribution in [1.29, 1.82) is 0 Å². The van der Waals surface area contributed by atoms with Crippen molar-refractivity contribution in [1.82, 2.24) is 4.90 Å². The van der Waals surface area contributed by atoms with Gasteiger partial charge in [0.1, 0.15) is 6.10 Å². The first-order valence-corrected chi connectivity index (χ1v) is 7.76. The Morgan fingerprint density at radius 3 is 2.58 bits per heavy atom. The van der Waals surface area contributed by atoms with Gasteiger partial charge in [0.15, 0.2) is 0 Å². The summed E-state index contributed by atoms with van der Waals surface area (Å²) in [5, 5.41) is 9.22. The minimum Gasteiger partial charge on any atom is -0.465 e. The van der Waals surface area contributed by atoms with E-state index < -0.39 is 24.1 Å². The van der Waals surface area contributed by atoms with Crippen LogP contribution in [0.2, 0.25) is 0 Å². The molecule has 2 rings (SSSR count). The average Bonchev–Trinajstić information content (AvgIpc) is 2.91. The van der Waals surface area contributed by atoms with Crippen LogP contribution in [0.15, 0.2) is 18.2 Å². The van der Waals surface area contributed by atoms with Crippen LogP contribution in [0.3, 0.4) is 0 Å². The van der Waals surface area contributed by atoms with E-state index in [0.29, 0.717) is 5.56 Å². The minimum atomic E-state index is -1.06. The van der Waals surface area contributed by atoms with E-state index in [-0.39, 0.29) is 25.6 Å². The van der Waals surface area contributed by atoms with Crippen LogP contribution in [-0.4, -0.2) is 53.8 Å². The highest BCUT2D eigenvalue weighted by Gasteiger charge is 2.39. The maximum atomic E-state index is 11.9. The highest BCUT2D eigenvalue weighted by Crippen LogP contribution is 2.32. The third-order valence-electron chi connectivity index (χ3n) is 4.04. The van der Waals surface area contributed by atoms with E-state index in [0.717, 1.165) is 11.1 Å². The molecular formula is C17H21NO6. The van der Waals surface area contributed by atoms with E-state index in [9.17, 15) is 19.5 Å². The van der Waals surface area contributed by atoms with Crippen molar-refractivity contribution in [2.45, 2.75) is 32.8 Å². The van der Waals surface area contributed by atoms with Crippen LogP contribution in [-0.2, 0) is 14.3 Å². The lowest BCUT2D eigenvalue weighted by atomic mass is 9.90. The maximum Gasteiger partial charge on any atom is 0.407 e. The average molecular weight is 335 g/mol. The van der Waals surface area contributed by atoms with Gasteiger partial charge in [-0.2, -0.15) is 0 Å². The van der Waals surface area contributed by atoms with E-state index >= 15 is 0 Å². The topological polar surface area (TPSA) is 93.1 Å². The summed E-state index contributed by atoms with van der Waals surface area (Å²) in [5.41, 5.74) is 2.08. The SMILES string of the molecule is CCOC(=O)c1ccc(C)c([C@@H]2CN(C(=O)O)C[C@H]2OC(C)=O)c1. The zero-order valence-electron chi connectivity index (χ0n) is 13.9. The van der Waals surface area contributed by atoms with Crippen molar-refractivity contribution in [2.75, 3.05) is 19.7 Å². The van der Waals surface area contributed by atoms with Crippen LogP contribution < -0.4 is 0 Å². The lowest BCUT2D eigenvalue weighted by molar-refractivity contribution is -0.146. The summed E-state index contributed by atoms with van der Waals surface area (Å²) in [6.07, 6.45) is -1.64. The number of likely N-dealkylation sites (tertiary alicyclic amines) is 1. The number of carbonyl (C=O) groups excluding carboxylic acids is 2. The maximum absolute atomic E-state index is 11.9. The molecule has 1 saturated heterocycles. The van der Waals surface area contributed by atoms with Gasteiger partial charge in [-0.25, -0.2) is 9.59 Å². The fourth-order valence-corrected chi connectivity index (χ4v) is 2.94. The zero-order valence-corrected chi connectivity index (χ0v) is 13.9. The van der Waals surface area contributed by atoms with Crippen molar-refractivity contribution < 1.29 is 29.0 Å². The number of aryl methyl sites for hydroxylation is 1. The Morgan fingerprint density at radius 1 is 1.29 bits per heavy atom. The van der Waals surface area contributed by atoms with Crippen molar-refractivity contribution in [3.8, 4) is 0 Å². The predicted octanol–water partition coefficient (Wildman–Crippen LogP) is 2.18. The molecule has 0 aliphatic carbocycles. The largest absolute Gasteiger partial charge is 0.465 e. The van der Waals surface area contributed by atoms with Gasteiger partial charge in [0, 0.05) is 19.4 Å². The number of benzene rings is 1. The number of carboxylic acid groups (broad SMARTS) is 1. The summed E-state index contributed by atoms with van der Waals surface area (Å²) in [7, 11) is 0. The number of ether oxygens (including phenoxy) is 2.